The maximum Gasteiger partial charge on any atom is 0.265 e. The minimum absolute atomic E-state index is 0.0671. The Hall–Kier alpha value is -1.38. The van der Waals surface area contributed by atoms with Crippen molar-refractivity contribution in [1.82, 2.24) is 9.45 Å². The number of carbonyl (C=O) groups is 1. The van der Waals surface area contributed by atoms with Crippen LogP contribution in [0.4, 0.5) is 0 Å². The van der Waals surface area contributed by atoms with Gasteiger partial charge in [0.15, 0.2) is 0 Å². The zero-order valence-corrected chi connectivity index (χ0v) is 11.3. The highest BCUT2D eigenvalue weighted by molar-refractivity contribution is 7.89. The Labute approximate surface area is 106 Å². The number of carbonyl (C=O) groups excluding carboxylic acids is 1. The molecule has 0 bridgehead atoms. The van der Waals surface area contributed by atoms with Crippen LogP contribution in [0.5, 0.6) is 0 Å². The first kappa shape index (κ1) is 14.7. The van der Waals surface area contributed by atoms with Crippen molar-refractivity contribution in [2.75, 3.05) is 6.61 Å². The van der Waals surface area contributed by atoms with E-state index in [1.807, 2.05) is 18.7 Å². The van der Waals surface area contributed by atoms with Gasteiger partial charge in [-0.25, -0.2) is 8.42 Å². The third-order valence-corrected chi connectivity index (χ3v) is 3.31. The van der Waals surface area contributed by atoms with Crippen LogP contribution in [0.3, 0.4) is 0 Å². The highest BCUT2D eigenvalue weighted by Crippen LogP contribution is 2.13. The van der Waals surface area contributed by atoms with E-state index in [1.165, 1.54) is 23.9 Å². The number of hydrogen-bond acceptors (Lipinski definition) is 4. The van der Waals surface area contributed by atoms with Crippen LogP contribution in [-0.4, -0.2) is 25.5 Å². The Bertz CT molecular complexity index is 533. The molecule has 18 heavy (non-hydrogen) atoms. The summed E-state index contributed by atoms with van der Waals surface area (Å²) in [7, 11) is -2.26. The van der Waals surface area contributed by atoms with E-state index in [1.54, 1.807) is 0 Å². The molecule has 0 aromatic carbocycles. The van der Waals surface area contributed by atoms with Gasteiger partial charge in [-0.1, -0.05) is 18.7 Å². The summed E-state index contributed by atoms with van der Waals surface area (Å²) >= 11 is 0. The molecule has 0 spiro atoms. The fourth-order valence-corrected chi connectivity index (χ4v) is 2.14. The molecule has 1 aromatic rings. The van der Waals surface area contributed by atoms with E-state index in [0.717, 1.165) is 0 Å². The molecule has 0 radical (unpaired) electrons. The molecule has 1 aromatic heterocycles. The van der Waals surface area contributed by atoms with Crippen molar-refractivity contribution in [1.29, 1.82) is 0 Å². The number of amides is 1. The summed E-state index contributed by atoms with van der Waals surface area (Å²) in [6.07, 6.45) is 1.29. The average Bonchev–Trinajstić information content (AvgIpc) is 2.60. The first-order valence-electron chi connectivity index (χ1n) is 5.34. The van der Waals surface area contributed by atoms with Gasteiger partial charge in [-0.3, -0.25) is 9.63 Å². The number of hydrogen-bond donors (Lipinski definition) is 2. The third-order valence-electron chi connectivity index (χ3n) is 2.13. The maximum absolute atomic E-state index is 11.8. The van der Waals surface area contributed by atoms with Gasteiger partial charge in [0.2, 0.25) is 0 Å². The second-order valence-corrected chi connectivity index (χ2v) is 5.97. The molecule has 0 fully saturated rings. The number of nitrogens with zero attached hydrogens (tertiary/aromatic N) is 1. The lowest BCUT2D eigenvalue weighted by molar-refractivity contribution is 0.0719. The third kappa shape index (κ3) is 3.56. The van der Waals surface area contributed by atoms with E-state index in [-0.39, 0.29) is 23.1 Å². The standard InChI is InChI=1S/C10H17N3O4S/c1-7(2)6-17-12-18(15,16)8-4-9(10(11)14)13(3)5-8/h4-5,7,12H,6H2,1-3H3,(H2,11,14). The van der Waals surface area contributed by atoms with Crippen molar-refractivity contribution in [3.63, 3.8) is 0 Å². The van der Waals surface area contributed by atoms with Gasteiger partial charge in [0.05, 0.1) is 6.61 Å². The first-order valence-corrected chi connectivity index (χ1v) is 6.82. The molecule has 1 amide bonds. The fourth-order valence-electron chi connectivity index (χ4n) is 1.25. The molecule has 0 aliphatic carbocycles. The Morgan fingerprint density at radius 3 is 2.61 bits per heavy atom. The van der Waals surface area contributed by atoms with Crippen molar-refractivity contribution < 1.29 is 18.0 Å². The Balaban J connectivity index is 2.85. The molecule has 7 nitrogen and oxygen atoms in total. The van der Waals surface area contributed by atoms with Crippen molar-refractivity contribution in [3.8, 4) is 0 Å². The molecule has 1 heterocycles. The number of nitrogens with two attached hydrogens (primary N) is 1. The van der Waals surface area contributed by atoms with Crippen LogP contribution in [0.1, 0.15) is 24.3 Å². The minimum Gasteiger partial charge on any atom is -0.364 e. The largest absolute Gasteiger partial charge is 0.364 e. The van der Waals surface area contributed by atoms with Crippen LogP contribution >= 0.6 is 0 Å². The van der Waals surface area contributed by atoms with Crippen LogP contribution < -0.4 is 10.6 Å². The van der Waals surface area contributed by atoms with Crippen LogP contribution in [0, 0.1) is 5.92 Å². The number of aryl methyl sites for hydroxylation is 1. The van der Waals surface area contributed by atoms with Gasteiger partial charge < -0.3 is 10.3 Å². The van der Waals surface area contributed by atoms with E-state index in [2.05, 4.69) is 0 Å². The lowest BCUT2D eigenvalue weighted by Crippen LogP contribution is -2.25. The topological polar surface area (TPSA) is 103 Å². The number of rotatable bonds is 6. The Morgan fingerprint density at radius 1 is 1.56 bits per heavy atom. The van der Waals surface area contributed by atoms with E-state index in [0.29, 0.717) is 0 Å². The summed E-state index contributed by atoms with van der Waals surface area (Å²) in [5.41, 5.74) is 5.22. The number of primary amides is 1. The molecule has 3 N–H and O–H groups in total. The number of nitrogens with one attached hydrogen (secondary N) is 1. The summed E-state index contributed by atoms with van der Waals surface area (Å²) in [4.78, 5) is 17.8. The SMILES string of the molecule is CC(C)CONS(=O)(=O)c1cc(C(N)=O)n(C)c1. The number of sulfonamides is 1. The van der Waals surface area contributed by atoms with Crippen molar-refractivity contribution >= 4 is 15.9 Å². The summed E-state index contributed by atoms with van der Waals surface area (Å²) < 4.78 is 24.9. The van der Waals surface area contributed by atoms with E-state index in [4.69, 9.17) is 10.6 Å². The average molecular weight is 275 g/mol. The first-order chi connectivity index (χ1) is 8.24. The Morgan fingerprint density at radius 2 is 2.17 bits per heavy atom. The van der Waals surface area contributed by atoms with Gasteiger partial charge in [0.1, 0.15) is 10.6 Å². The highest BCUT2D eigenvalue weighted by Gasteiger charge is 2.19. The van der Waals surface area contributed by atoms with Gasteiger partial charge >= 0.3 is 0 Å². The molecule has 1 rings (SSSR count). The van der Waals surface area contributed by atoms with Crippen LogP contribution in [0.15, 0.2) is 17.2 Å². The smallest absolute Gasteiger partial charge is 0.265 e. The molecular weight excluding hydrogens is 258 g/mol. The van der Waals surface area contributed by atoms with Crippen LogP contribution in [0.25, 0.3) is 0 Å². The lowest BCUT2D eigenvalue weighted by Gasteiger charge is -2.07. The van der Waals surface area contributed by atoms with E-state index < -0.39 is 15.9 Å². The fraction of sp³-hybridized carbons (Fsp3) is 0.500. The highest BCUT2D eigenvalue weighted by atomic mass is 32.2. The minimum atomic E-state index is -3.79. The molecule has 0 aliphatic rings. The van der Waals surface area contributed by atoms with Crippen molar-refractivity contribution in [3.05, 3.63) is 18.0 Å². The monoisotopic (exact) mass is 275 g/mol. The normalized spacial score (nSPS) is 12.0. The molecule has 8 heteroatoms. The lowest BCUT2D eigenvalue weighted by atomic mass is 10.2. The second kappa shape index (κ2) is 5.51. The molecule has 0 unspecified atom stereocenters. The predicted molar refractivity (Wildman–Crippen MR) is 65.0 cm³/mol. The van der Waals surface area contributed by atoms with Gasteiger partial charge in [-0.2, -0.15) is 0 Å². The van der Waals surface area contributed by atoms with Crippen molar-refractivity contribution in [2.45, 2.75) is 18.7 Å². The quantitative estimate of drug-likeness (QED) is 0.712. The predicted octanol–water partition coefficient (Wildman–Crippen LogP) is -0.0101. The molecule has 0 atom stereocenters. The van der Waals surface area contributed by atoms with Crippen LogP contribution in [-0.2, 0) is 21.9 Å². The van der Waals surface area contributed by atoms with E-state index >= 15 is 0 Å². The molecule has 102 valence electrons. The zero-order valence-electron chi connectivity index (χ0n) is 10.5. The van der Waals surface area contributed by atoms with Crippen molar-refractivity contribution in [2.24, 2.45) is 18.7 Å². The van der Waals surface area contributed by atoms with Gasteiger partial charge in [-0.05, 0) is 12.0 Å². The Kier molecular flexibility index (Phi) is 4.49. The molecule has 0 saturated heterocycles. The van der Waals surface area contributed by atoms with Gasteiger partial charge in [0, 0.05) is 13.2 Å². The van der Waals surface area contributed by atoms with Crippen LogP contribution in [0.2, 0.25) is 0 Å². The van der Waals surface area contributed by atoms with Gasteiger partial charge in [-0.15, -0.1) is 0 Å². The summed E-state index contributed by atoms with van der Waals surface area (Å²) in [6.45, 7) is 4.04. The molecular formula is C10H17N3O4S. The molecule has 0 saturated carbocycles. The summed E-state index contributed by atoms with van der Waals surface area (Å²) in [6, 6.07) is 1.20. The van der Waals surface area contributed by atoms with Gasteiger partial charge in [0.25, 0.3) is 15.9 Å². The molecule has 0 aliphatic heterocycles. The maximum atomic E-state index is 11.8. The summed E-state index contributed by atoms with van der Waals surface area (Å²) in [5, 5.41) is 0. The number of aromatic nitrogens is 1. The second-order valence-electron chi connectivity index (χ2n) is 4.33. The zero-order chi connectivity index (χ0) is 13.9. The summed E-state index contributed by atoms with van der Waals surface area (Å²) in [5.74, 6) is -0.494. The van der Waals surface area contributed by atoms with E-state index in [9.17, 15) is 13.2 Å².